The third-order valence-corrected chi connectivity index (χ3v) is 4.12. The SMILES string of the molecule is CCCCCC(NN)C1CN2CCN1CC2. The molecule has 0 aromatic carbocycles. The van der Waals surface area contributed by atoms with Crippen molar-refractivity contribution in [1.29, 1.82) is 0 Å². The Morgan fingerprint density at radius 2 is 2.00 bits per heavy atom. The van der Waals surface area contributed by atoms with E-state index in [9.17, 15) is 0 Å². The average Bonchev–Trinajstić information content (AvgIpc) is 2.36. The van der Waals surface area contributed by atoms with E-state index in [0.717, 1.165) is 0 Å². The molecule has 3 aliphatic rings. The van der Waals surface area contributed by atoms with Crippen LogP contribution in [0.2, 0.25) is 0 Å². The summed E-state index contributed by atoms with van der Waals surface area (Å²) in [6.45, 7) is 8.43. The summed E-state index contributed by atoms with van der Waals surface area (Å²) in [7, 11) is 0. The quantitative estimate of drug-likeness (QED) is 0.391. The van der Waals surface area contributed by atoms with Crippen molar-refractivity contribution in [2.45, 2.75) is 44.7 Å². The van der Waals surface area contributed by atoms with Gasteiger partial charge < -0.3 is 0 Å². The summed E-state index contributed by atoms with van der Waals surface area (Å²) < 4.78 is 0. The number of nitrogens with zero attached hydrogens (tertiary/aromatic N) is 2. The molecule has 3 saturated heterocycles. The van der Waals surface area contributed by atoms with Crippen molar-refractivity contribution < 1.29 is 0 Å². The van der Waals surface area contributed by atoms with Gasteiger partial charge in [0, 0.05) is 44.8 Å². The van der Waals surface area contributed by atoms with E-state index in [2.05, 4.69) is 22.1 Å². The molecule has 0 spiro atoms. The lowest BCUT2D eigenvalue weighted by molar-refractivity contribution is -0.00483. The first-order chi connectivity index (χ1) is 7.85. The number of piperazine rings is 3. The predicted octanol–water partition coefficient (Wildman–Crippen LogP) is 0.398. The highest BCUT2D eigenvalue weighted by molar-refractivity contribution is 4.94. The molecular weight excluding hydrogens is 200 g/mol. The molecule has 3 heterocycles. The molecule has 0 radical (unpaired) electrons. The van der Waals surface area contributed by atoms with Crippen molar-refractivity contribution >= 4 is 0 Å². The van der Waals surface area contributed by atoms with E-state index in [-0.39, 0.29) is 0 Å². The minimum absolute atomic E-state index is 0.481. The molecule has 4 heteroatoms. The lowest BCUT2D eigenvalue weighted by Gasteiger charge is -2.50. The van der Waals surface area contributed by atoms with Crippen LogP contribution in [0, 0.1) is 0 Å². The molecule has 0 aromatic heterocycles. The average molecular weight is 226 g/mol. The molecule has 2 unspecified atom stereocenters. The van der Waals surface area contributed by atoms with E-state index >= 15 is 0 Å². The zero-order valence-electron chi connectivity index (χ0n) is 10.5. The minimum Gasteiger partial charge on any atom is -0.299 e. The number of nitrogens with two attached hydrogens (primary N) is 1. The second-order valence-corrected chi connectivity index (χ2v) is 5.17. The van der Waals surface area contributed by atoms with E-state index in [0.29, 0.717) is 12.1 Å². The monoisotopic (exact) mass is 226 g/mol. The molecular formula is C12H26N4. The number of hydrogen-bond donors (Lipinski definition) is 2. The second kappa shape index (κ2) is 5.96. The van der Waals surface area contributed by atoms with E-state index in [4.69, 9.17) is 5.84 Å². The first-order valence-corrected chi connectivity index (χ1v) is 6.77. The fourth-order valence-corrected chi connectivity index (χ4v) is 3.04. The van der Waals surface area contributed by atoms with Crippen LogP contribution in [0.3, 0.4) is 0 Å². The van der Waals surface area contributed by atoms with E-state index < -0.39 is 0 Å². The van der Waals surface area contributed by atoms with Crippen LogP contribution in [-0.4, -0.2) is 54.6 Å². The van der Waals surface area contributed by atoms with Crippen molar-refractivity contribution in [3.05, 3.63) is 0 Å². The molecule has 16 heavy (non-hydrogen) atoms. The van der Waals surface area contributed by atoms with Gasteiger partial charge in [0.15, 0.2) is 0 Å². The molecule has 0 aromatic rings. The number of unbranched alkanes of at least 4 members (excludes halogenated alkanes) is 2. The molecule has 3 N–H and O–H groups in total. The second-order valence-electron chi connectivity index (χ2n) is 5.17. The molecule has 94 valence electrons. The van der Waals surface area contributed by atoms with Gasteiger partial charge in [-0.3, -0.25) is 21.1 Å². The Bertz CT molecular complexity index is 201. The highest BCUT2D eigenvalue weighted by atomic mass is 15.4. The molecule has 4 nitrogen and oxygen atoms in total. The maximum Gasteiger partial charge on any atom is 0.0391 e. The van der Waals surface area contributed by atoms with Crippen molar-refractivity contribution in [3.8, 4) is 0 Å². The lowest BCUT2D eigenvalue weighted by atomic mass is 9.96. The van der Waals surface area contributed by atoms with Crippen LogP contribution in [0.15, 0.2) is 0 Å². The van der Waals surface area contributed by atoms with Gasteiger partial charge in [0.1, 0.15) is 0 Å². The van der Waals surface area contributed by atoms with Crippen LogP contribution >= 0.6 is 0 Å². The third kappa shape index (κ3) is 2.74. The normalized spacial score (nSPS) is 35.2. The van der Waals surface area contributed by atoms with Gasteiger partial charge in [0.2, 0.25) is 0 Å². The van der Waals surface area contributed by atoms with Gasteiger partial charge in [0.25, 0.3) is 0 Å². The first-order valence-electron chi connectivity index (χ1n) is 6.77. The number of fused-ring (bicyclic) bond motifs is 3. The highest BCUT2D eigenvalue weighted by Gasteiger charge is 2.35. The summed E-state index contributed by atoms with van der Waals surface area (Å²) in [5.41, 5.74) is 3.05. The summed E-state index contributed by atoms with van der Waals surface area (Å²) in [6, 6.07) is 1.12. The molecule has 0 aliphatic carbocycles. The fraction of sp³-hybridized carbons (Fsp3) is 1.00. The van der Waals surface area contributed by atoms with Crippen LogP contribution in [0.4, 0.5) is 0 Å². The molecule has 0 saturated carbocycles. The first kappa shape index (κ1) is 12.3. The van der Waals surface area contributed by atoms with Crippen molar-refractivity contribution in [2.75, 3.05) is 32.7 Å². The molecule has 2 atom stereocenters. The topological polar surface area (TPSA) is 44.5 Å². The summed E-state index contributed by atoms with van der Waals surface area (Å²) in [6.07, 6.45) is 5.14. The van der Waals surface area contributed by atoms with E-state index in [1.807, 2.05) is 0 Å². The Morgan fingerprint density at radius 1 is 1.25 bits per heavy atom. The summed E-state index contributed by atoms with van der Waals surface area (Å²) in [5.74, 6) is 5.72. The Balaban J connectivity index is 1.83. The Labute approximate surface area is 99.1 Å². The van der Waals surface area contributed by atoms with Crippen LogP contribution in [0.1, 0.15) is 32.6 Å². The van der Waals surface area contributed by atoms with Crippen molar-refractivity contribution in [3.63, 3.8) is 0 Å². The van der Waals surface area contributed by atoms with Gasteiger partial charge in [-0.25, -0.2) is 0 Å². The van der Waals surface area contributed by atoms with Gasteiger partial charge in [-0.05, 0) is 6.42 Å². The van der Waals surface area contributed by atoms with Gasteiger partial charge in [-0.1, -0.05) is 26.2 Å². The van der Waals surface area contributed by atoms with Gasteiger partial charge in [-0.2, -0.15) is 0 Å². The minimum atomic E-state index is 0.481. The number of hydrogen-bond acceptors (Lipinski definition) is 4. The third-order valence-electron chi connectivity index (χ3n) is 4.12. The number of rotatable bonds is 6. The molecule has 3 fully saturated rings. The summed E-state index contributed by atoms with van der Waals surface area (Å²) in [5, 5.41) is 0. The molecule has 3 rings (SSSR count). The summed E-state index contributed by atoms with van der Waals surface area (Å²) >= 11 is 0. The fourth-order valence-electron chi connectivity index (χ4n) is 3.04. The van der Waals surface area contributed by atoms with Crippen LogP contribution in [0.5, 0.6) is 0 Å². The van der Waals surface area contributed by atoms with Crippen molar-refractivity contribution in [1.82, 2.24) is 15.2 Å². The number of nitrogens with one attached hydrogen (secondary N) is 1. The Morgan fingerprint density at radius 3 is 2.50 bits per heavy atom. The zero-order valence-corrected chi connectivity index (χ0v) is 10.5. The van der Waals surface area contributed by atoms with Gasteiger partial charge in [0.05, 0.1) is 0 Å². The van der Waals surface area contributed by atoms with E-state index in [1.54, 1.807) is 0 Å². The largest absolute Gasteiger partial charge is 0.299 e. The standard InChI is InChI=1S/C12H26N4/c1-2-3-4-5-11(14-13)12-10-15-6-8-16(12)9-7-15/h11-12,14H,2-10,13H2,1H3. The van der Waals surface area contributed by atoms with Crippen LogP contribution in [-0.2, 0) is 0 Å². The summed E-state index contributed by atoms with van der Waals surface area (Å²) in [4.78, 5) is 5.20. The van der Waals surface area contributed by atoms with Crippen LogP contribution < -0.4 is 11.3 Å². The molecule has 3 aliphatic heterocycles. The molecule has 2 bridgehead atoms. The zero-order chi connectivity index (χ0) is 11.4. The Hall–Kier alpha value is -0.160. The predicted molar refractivity (Wildman–Crippen MR) is 67.1 cm³/mol. The lowest BCUT2D eigenvalue weighted by Crippen LogP contribution is -2.67. The van der Waals surface area contributed by atoms with E-state index in [1.165, 1.54) is 58.4 Å². The highest BCUT2D eigenvalue weighted by Crippen LogP contribution is 2.20. The maximum atomic E-state index is 5.72. The van der Waals surface area contributed by atoms with Crippen molar-refractivity contribution in [2.24, 2.45) is 5.84 Å². The number of hydrazine groups is 1. The Kier molecular flexibility index (Phi) is 4.58. The smallest absolute Gasteiger partial charge is 0.0391 e. The molecule has 0 amide bonds. The maximum absolute atomic E-state index is 5.72. The van der Waals surface area contributed by atoms with Gasteiger partial charge in [-0.15, -0.1) is 0 Å². The van der Waals surface area contributed by atoms with Gasteiger partial charge >= 0.3 is 0 Å². The van der Waals surface area contributed by atoms with Crippen LogP contribution in [0.25, 0.3) is 0 Å².